The van der Waals surface area contributed by atoms with E-state index in [1.807, 2.05) is 0 Å². The van der Waals surface area contributed by atoms with Gasteiger partial charge >= 0.3 is 6.36 Å². The van der Waals surface area contributed by atoms with Crippen molar-refractivity contribution in [1.29, 1.82) is 0 Å². The van der Waals surface area contributed by atoms with Crippen molar-refractivity contribution in [2.24, 2.45) is 0 Å². The number of benzene rings is 1. The summed E-state index contributed by atoms with van der Waals surface area (Å²) in [5, 5.41) is 11.6. The second kappa shape index (κ2) is 6.72. The molecule has 0 spiro atoms. The standard InChI is InChI=1S/C12H15F4NO2/c1-8(4-5-18)17-7-9-2-3-10(13)6-11(9)19-12(14,15)16/h2-3,6,8,17-18H,4-5,7H2,1H3. The lowest BCUT2D eigenvalue weighted by Gasteiger charge is -2.16. The molecule has 1 aromatic carbocycles. The highest BCUT2D eigenvalue weighted by molar-refractivity contribution is 5.34. The maximum absolute atomic E-state index is 12.9. The zero-order valence-corrected chi connectivity index (χ0v) is 10.3. The highest BCUT2D eigenvalue weighted by Crippen LogP contribution is 2.27. The first-order valence-corrected chi connectivity index (χ1v) is 5.70. The molecule has 1 rings (SSSR count). The molecule has 0 amide bonds. The molecule has 0 saturated heterocycles. The molecule has 0 aromatic heterocycles. The zero-order chi connectivity index (χ0) is 14.5. The van der Waals surface area contributed by atoms with E-state index in [2.05, 4.69) is 10.1 Å². The monoisotopic (exact) mass is 281 g/mol. The van der Waals surface area contributed by atoms with Crippen molar-refractivity contribution in [3.8, 4) is 5.75 Å². The summed E-state index contributed by atoms with van der Waals surface area (Å²) in [7, 11) is 0. The molecular weight excluding hydrogens is 266 g/mol. The van der Waals surface area contributed by atoms with Crippen LogP contribution in [0.25, 0.3) is 0 Å². The minimum absolute atomic E-state index is 0.0243. The van der Waals surface area contributed by atoms with E-state index in [-0.39, 0.29) is 24.8 Å². The third kappa shape index (κ3) is 5.89. The Morgan fingerprint density at radius 3 is 2.63 bits per heavy atom. The van der Waals surface area contributed by atoms with E-state index in [0.29, 0.717) is 12.5 Å². The second-order valence-corrected chi connectivity index (χ2v) is 4.09. The molecule has 19 heavy (non-hydrogen) atoms. The van der Waals surface area contributed by atoms with Crippen LogP contribution in [0.4, 0.5) is 17.6 Å². The summed E-state index contributed by atoms with van der Waals surface area (Å²) in [6, 6.07) is 2.92. The average Bonchev–Trinajstić information content (AvgIpc) is 2.26. The van der Waals surface area contributed by atoms with E-state index in [4.69, 9.17) is 5.11 Å². The molecular formula is C12H15F4NO2. The first-order valence-electron chi connectivity index (χ1n) is 5.70. The van der Waals surface area contributed by atoms with Crippen molar-refractivity contribution >= 4 is 0 Å². The van der Waals surface area contributed by atoms with Gasteiger partial charge in [-0.15, -0.1) is 13.2 Å². The van der Waals surface area contributed by atoms with Crippen LogP contribution in [0.5, 0.6) is 5.75 Å². The van der Waals surface area contributed by atoms with Crippen LogP contribution in [-0.2, 0) is 6.54 Å². The predicted molar refractivity (Wildman–Crippen MR) is 61.1 cm³/mol. The van der Waals surface area contributed by atoms with Gasteiger partial charge in [-0.2, -0.15) is 0 Å². The van der Waals surface area contributed by atoms with Gasteiger partial charge in [0.05, 0.1) is 0 Å². The van der Waals surface area contributed by atoms with Gasteiger partial charge in [0.15, 0.2) is 0 Å². The van der Waals surface area contributed by atoms with Crippen LogP contribution in [0.2, 0.25) is 0 Å². The molecule has 0 aliphatic heterocycles. The van der Waals surface area contributed by atoms with Crippen molar-refractivity contribution in [3.05, 3.63) is 29.6 Å². The molecule has 0 bridgehead atoms. The van der Waals surface area contributed by atoms with Crippen LogP contribution >= 0.6 is 0 Å². The fourth-order valence-corrected chi connectivity index (χ4v) is 1.47. The number of hydrogen-bond donors (Lipinski definition) is 2. The Morgan fingerprint density at radius 2 is 2.05 bits per heavy atom. The van der Waals surface area contributed by atoms with Gasteiger partial charge in [0.1, 0.15) is 11.6 Å². The van der Waals surface area contributed by atoms with Crippen LogP contribution in [0.15, 0.2) is 18.2 Å². The molecule has 3 nitrogen and oxygen atoms in total. The first kappa shape index (κ1) is 15.7. The lowest BCUT2D eigenvalue weighted by atomic mass is 10.1. The third-order valence-electron chi connectivity index (χ3n) is 2.46. The SMILES string of the molecule is CC(CCO)NCc1ccc(F)cc1OC(F)(F)F. The lowest BCUT2D eigenvalue weighted by molar-refractivity contribution is -0.275. The maximum Gasteiger partial charge on any atom is 0.573 e. The summed E-state index contributed by atoms with van der Waals surface area (Å²) in [4.78, 5) is 0. The first-order chi connectivity index (χ1) is 8.81. The van der Waals surface area contributed by atoms with Crippen LogP contribution in [0, 0.1) is 5.82 Å². The molecule has 2 N–H and O–H groups in total. The van der Waals surface area contributed by atoms with Gasteiger partial charge in [-0.1, -0.05) is 6.07 Å². The van der Waals surface area contributed by atoms with Crippen molar-refractivity contribution in [1.82, 2.24) is 5.32 Å². The largest absolute Gasteiger partial charge is 0.573 e. The predicted octanol–water partition coefficient (Wildman–Crippen LogP) is 2.58. The average molecular weight is 281 g/mol. The smallest absolute Gasteiger partial charge is 0.405 e. The van der Waals surface area contributed by atoms with E-state index < -0.39 is 17.9 Å². The van der Waals surface area contributed by atoms with Gasteiger partial charge in [0.25, 0.3) is 0 Å². The number of alkyl halides is 3. The third-order valence-corrected chi connectivity index (χ3v) is 2.46. The van der Waals surface area contributed by atoms with Crippen LogP contribution in [0.3, 0.4) is 0 Å². The van der Waals surface area contributed by atoms with E-state index >= 15 is 0 Å². The molecule has 7 heteroatoms. The van der Waals surface area contributed by atoms with Crippen LogP contribution in [0.1, 0.15) is 18.9 Å². The fraction of sp³-hybridized carbons (Fsp3) is 0.500. The number of ether oxygens (including phenoxy) is 1. The summed E-state index contributed by atoms with van der Waals surface area (Å²) < 4.78 is 53.2. The molecule has 0 saturated carbocycles. The maximum atomic E-state index is 12.9. The summed E-state index contributed by atoms with van der Waals surface area (Å²) in [6.45, 7) is 1.85. The summed E-state index contributed by atoms with van der Waals surface area (Å²) >= 11 is 0. The Hall–Kier alpha value is -1.34. The van der Waals surface area contributed by atoms with Gasteiger partial charge in [0.2, 0.25) is 0 Å². The van der Waals surface area contributed by atoms with E-state index in [9.17, 15) is 17.6 Å². The van der Waals surface area contributed by atoms with Crippen LogP contribution < -0.4 is 10.1 Å². The molecule has 1 unspecified atom stereocenters. The molecule has 0 heterocycles. The summed E-state index contributed by atoms with van der Waals surface area (Å²) in [6.07, 6.45) is -4.39. The Morgan fingerprint density at radius 1 is 1.37 bits per heavy atom. The number of nitrogens with one attached hydrogen (secondary N) is 1. The normalized spacial score (nSPS) is 13.4. The molecule has 0 aliphatic rings. The van der Waals surface area contributed by atoms with Gasteiger partial charge in [-0.3, -0.25) is 0 Å². The van der Waals surface area contributed by atoms with Gasteiger partial charge in [-0.05, 0) is 19.4 Å². The quantitative estimate of drug-likeness (QED) is 0.787. The number of aliphatic hydroxyl groups excluding tert-OH is 1. The van der Waals surface area contributed by atoms with Crippen molar-refractivity contribution in [3.63, 3.8) is 0 Å². The van der Waals surface area contributed by atoms with Crippen molar-refractivity contribution in [2.45, 2.75) is 32.3 Å². The number of rotatable bonds is 6. The summed E-state index contributed by atoms with van der Waals surface area (Å²) in [5.74, 6) is -1.36. The summed E-state index contributed by atoms with van der Waals surface area (Å²) in [5.41, 5.74) is 0.198. The molecule has 1 atom stereocenters. The highest BCUT2D eigenvalue weighted by atomic mass is 19.4. The Balaban J connectivity index is 2.76. The van der Waals surface area contributed by atoms with Crippen LogP contribution in [-0.4, -0.2) is 24.1 Å². The molecule has 0 fully saturated rings. The van der Waals surface area contributed by atoms with E-state index in [1.165, 1.54) is 6.07 Å². The molecule has 108 valence electrons. The van der Waals surface area contributed by atoms with Crippen molar-refractivity contribution in [2.75, 3.05) is 6.61 Å². The Bertz CT molecular complexity index is 409. The zero-order valence-electron chi connectivity index (χ0n) is 10.3. The Labute approximate surface area is 108 Å². The molecule has 0 radical (unpaired) electrons. The van der Waals surface area contributed by atoms with Gasteiger partial charge < -0.3 is 15.2 Å². The second-order valence-electron chi connectivity index (χ2n) is 4.09. The minimum Gasteiger partial charge on any atom is -0.405 e. The molecule has 0 aliphatic carbocycles. The Kier molecular flexibility index (Phi) is 5.56. The van der Waals surface area contributed by atoms with E-state index in [1.54, 1.807) is 6.92 Å². The topological polar surface area (TPSA) is 41.5 Å². The van der Waals surface area contributed by atoms with Gasteiger partial charge in [0, 0.05) is 30.8 Å². The van der Waals surface area contributed by atoms with Crippen molar-refractivity contribution < 1.29 is 27.4 Å². The number of halogens is 4. The number of hydrogen-bond acceptors (Lipinski definition) is 3. The molecule has 1 aromatic rings. The number of aliphatic hydroxyl groups is 1. The van der Waals surface area contributed by atoms with E-state index in [0.717, 1.165) is 6.07 Å². The highest BCUT2D eigenvalue weighted by Gasteiger charge is 2.32. The fourth-order valence-electron chi connectivity index (χ4n) is 1.47. The van der Waals surface area contributed by atoms with Gasteiger partial charge in [-0.25, -0.2) is 4.39 Å². The lowest BCUT2D eigenvalue weighted by Crippen LogP contribution is -2.27. The minimum atomic E-state index is -4.86.